The third-order valence-corrected chi connectivity index (χ3v) is 4.31. The molecule has 0 N–H and O–H groups in total. The Bertz CT molecular complexity index is 871. The molecule has 25 heavy (non-hydrogen) atoms. The average molecular weight is 334 g/mol. The molecular weight excluding hydrogens is 316 g/mol. The first-order valence-corrected chi connectivity index (χ1v) is 8.28. The van der Waals surface area contributed by atoms with E-state index in [1.165, 1.54) is 0 Å². The predicted octanol–water partition coefficient (Wildman–Crippen LogP) is 2.95. The topological polar surface area (TPSA) is 58.6 Å². The summed E-state index contributed by atoms with van der Waals surface area (Å²) in [4.78, 5) is 25.0. The van der Waals surface area contributed by atoms with Gasteiger partial charge in [0.15, 0.2) is 0 Å². The lowest BCUT2D eigenvalue weighted by atomic mass is 10.2. The first kappa shape index (κ1) is 15.4. The van der Waals surface area contributed by atoms with Gasteiger partial charge in [0, 0.05) is 31.6 Å². The van der Waals surface area contributed by atoms with Gasteiger partial charge in [-0.25, -0.2) is 14.8 Å². The molecule has 4 rings (SSSR count). The van der Waals surface area contributed by atoms with E-state index in [9.17, 15) is 4.79 Å². The second-order valence-electron chi connectivity index (χ2n) is 5.87. The van der Waals surface area contributed by atoms with Crippen molar-refractivity contribution in [2.45, 2.75) is 0 Å². The molecule has 0 bridgehead atoms. The van der Waals surface area contributed by atoms with Gasteiger partial charge in [0.05, 0.1) is 5.52 Å². The maximum atomic E-state index is 12.3. The Balaban J connectivity index is 1.43. The van der Waals surface area contributed by atoms with Gasteiger partial charge in [0.25, 0.3) is 0 Å². The molecule has 3 aromatic rings. The maximum absolute atomic E-state index is 12.3. The van der Waals surface area contributed by atoms with E-state index in [4.69, 9.17) is 4.74 Å². The summed E-state index contributed by atoms with van der Waals surface area (Å²) in [5, 5.41) is 1.03. The van der Waals surface area contributed by atoms with E-state index in [1.54, 1.807) is 23.4 Å². The van der Waals surface area contributed by atoms with Crippen LogP contribution in [0.25, 0.3) is 10.9 Å². The van der Waals surface area contributed by atoms with Gasteiger partial charge in [-0.2, -0.15) is 0 Å². The van der Waals surface area contributed by atoms with E-state index >= 15 is 0 Å². The highest BCUT2D eigenvalue weighted by molar-refractivity contribution is 5.89. The molecule has 1 aliphatic rings. The Kier molecular flexibility index (Phi) is 4.16. The molecule has 0 spiro atoms. The number of carbonyl (C=O) groups is 1. The Morgan fingerprint density at radius 3 is 2.40 bits per heavy atom. The zero-order valence-electron chi connectivity index (χ0n) is 13.7. The third kappa shape index (κ3) is 3.24. The Labute approximate surface area is 145 Å². The molecule has 2 aromatic carbocycles. The number of ether oxygens (including phenoxy) is 1. The maximum Gasteiger partial charge on any atom is 0.415 e. The van der Waals surface area contributed by atoms with Crippen LogP contribution in [-0.2, 0) is 0 Å². The second kappa shape index (κ2) is 6.76. The van der Waals surface area contributed by atoms with Crippen LogP contribution < -0.4 is 9.64 Å². The minimum atomic E-state index is -0.307. The van der Waals surface area contributed by atoms with Crippen molar-refractivity contribution in [3.63, 3.8) is 0 Å². The van der Waals surface area contributed by atoms with Crippen molar-refractivity contribution in [1.82, 2.24) is 14.9 Å². The van der Waals surface area contributed by atoms with Gasteiger partial charge in [-0.1, -0.05) is 30.3 Å². The number of carbonyl (C=O) groups excluding carboxylic acids is 1. The fraction of sp³-hybridized carbons (Fsp3) is 0.211. The van der Waals surface area contributed by atoms with Crippen molar-refractivity contribution in [3.05, 3.63) is 60.9 Å². The smallest absolute Gasteiger partial charge is 0.410 e. The van der Waals surface area contributed by atoms with Crippen molar-refractivity contribution in [2.24, 2.45) is 0 Å². The lowest BCUT2D eigenvalue weighted by Crippen LogP contribution is -2.50. The fourth-order valence-corrected chi connectivity index (χ4v) is 3.00. The van der Waals surface area contributed by atoms with E-state index in [-0.39, 0.29) is 6.09 Å². The Morgan fingerprint density at radius 2 is 1.60 bits per heavy atom. The number of nitrogens with zero attached hydrogens (tertiary/aromatic N) is 4. The van der Waals surface area contributed by atoms with Crippen LogP contribution in [0.3, 0.4) is 0 Å². The molecule has 1 aromatic heterocycles. The molecule has 1 aliphatic heterocycles. The van der Waals surface area contributed by atoms with Gasteiger partial charge >= 0.3 is 6.09 Å². The van der Waals surface area contributed by atoms with E-state index in [1.807, 2.05) is 42.5 Å². The van der Waals surface area contributed by atoms with Crippen LogP contribution in [0.15, 0.2) is 60.9 Å². The van der Waals surface area contributed by atoms with Crippen LogP contribution in [0.5, 0.6) is 5.75 Å². The van der Waals surface area contributed by atoms with Crippen LogP contribution in [-0.4, -0.2) is 47.1 Å². The summed E-state index contributed by atoms with van der Waals surface area (Å²) in [6.45, 7) is 2.63. The molecule has 1 saturated heterocycles. The number of para-hydroxylation sites is 2. The number of piperazine rings is 1. The first-order valence-electron chi connectivity index (χ1n) is 8.28. The van der Waals surface area contributed by atoms with Gasteiger partial charge in [0.1, 0.15) is 17.9 Å². The summed E-state index contributed by atoms with van der Waals surface area (Å²) >= 11 is 0. The summed E-state index contributed by atoms with van der Waals surface area (Å²) in [6, 6.07) is 17.1. The van der Waals surface area contributed by atoms with E-state index in [0.29, 0.717) is 31.9 Å². The largest absolute Gasteiger partial charge is 0.415 e. The summed E-state index contributed by atoms with van der Waals surface area (Å²) in [7, 11) is 0. The summed E-state index contributed by atoms with van der Waals surface area (Å²) in [6.07, 6.45) is 1.28. The van der Waals surface area contributed by atoms with Crippen LogP contribution in [0, 0.1) is 0 Å². The molecule has 0 atom stereocenters. The molecule has 1 fully saturated rings. The summed E-state index contributed by atoms with van der Waals surface area (Å²) < 4.78 is 5.41. The number of hydrogen-bond donors (Lipinski definition) is 0. The molecule has 0 aliphatic carbocycles. The molecule has 6 nitrogen and oxygen atoms in total. The predicted molar refractivity (Wildman–Crippen MR) is 95.8 cm³/mol. The lowest BCUT2D eigenvalue weighted by molar-refractivity contribution is 0.149. The van der Waals surface area contributed by atoms with Crippen molar-refractivity contribution >= 4 is 22.8 Å². The zero-order chi connectivity index (χ0) is 17.1. The molecule has 0 saturated carbocycles. The number of benzene rings is 2. The number of rotatable bonds is 2. The second-order valence-corrected chi connectivity index (χ2v) is 5.87. The normalized spacial score (nSPS) is 14.6. The SMILES string of the molecule is O=C(Oc1ccccc1)N1CCN(c2ncnc3ccccc23)CC1. The highest BCUT2D eigenvalue weighted by Crippen LogP contribution is 2.23. The van der Waals surface area contributed by atoms with Crippen LogP contribution in [0.1, 0.15) is 0 Å². The van der Waals surface area contributed by atoms with Gasteiger partial charge in [0.2, 0.25) is 0 Å². The third-order valence-electron chi connectivity index (χ3n) is 4.31. The minimum Gasteiger partial charge on any atom is -0.410 e. The number of fused-ring (bicyclic) bond motifs is 1. The highest BCUT2D eigenvalue weighted by Gasteiger charge is 2.24. The molecule has 1 amide bonds. The quantitative estimate of drug-likeness (QED) is 0.721. The Morgan fingerprint density at radius 1 is 0.880 bits per heavy atom. The fourth-order valence-electron chi connectivity index (χ4n) is 3.00. The first-order chi connectivity index (χ1) is 12.3. The number of amides is 1. The van der Waals surface area contributed by atoms with E-state index in [2.05, 4.69) is 14.9 Å². The molecule has 0 radical (unpaired) electrons. The average Bonchev–Trinajstić information content (AvgIpc) is 2.68. The van der Waals surface area contributed by atoms with Crippen LogP contribution in [0.4, 0.5) is 10.6 Å². The van der Waals surface area contributed by atoms with Gasteiger partial charge in [-0.15, -0.1) is 0 Å². The number of hydrogen-bond acceptors (Lipinski definition) is 5. The minimum absolute atomic E-state index is 0.307. The van der Waals surface area contributed by atoms with Gasteiger partial charge in [-0.05, 0) is 24.3 Å². The standard InChI is InChI=1S/C19H18N4O2/c24-19(25-15-6-2-1-3-7-15)23-12-10-22(11-13-23)18-16-8-4-5-9-17(16)20-14-21-18/h1-9,14H,10-13H2. The number of anilines is 1. The number of aromatic nitrogens is 2. The van der Waals surface area contributed by atoms with Crippen LogP contribution in [0.2, 0.25) is 0 Å². The van der Waals surface area contributed by atoms with E-state index in [0.717, 1.165) is 16.7 Å². The van der Waals surface area contributed by atoms with Gasteiger partial charge < -0.3 is 14.5 Å². The van der Waals surface area contributed by atoms with Crippen molar-refractivity contribution in [2.75, 3.05) is 31.1 Å². The Hall–Kier alpha value is -3.15. The van der Waals surface area contributed by atoms with Crippen molar-refractivity contribution < 1.29 is 9.53 Å². The van der Waals surface area contributed by atoms with E-state index < -0.39 is 0 Å². The highest BCUT2D eigenvalue weighted by atomic mass is 16.6. The lowest BCUT2D eigenvalue weighted by Gasteiger charge is -2.35. The summed E-state index contributed by atoms with van der Waals surface area (Å²) in [5.74, 6) is 1.48. The molecule has 0 unspecified atom stereocenters. The van der Waals surface area contributed by atoms with Crippen LogP contribution >= 0.6 is 0 Å². The zero-order valence-corrected chi connectivity index (χ0v) is 13.7. The van der Waals surface area contributed by atoms with Crippen molar-refractivity contribution in [3.8, 4) is 5.75 Å². The monoisotopic (exact) mass is 334 g/mol. The van der Waals surface area contributed by atoms with Gasteiger partial charge in [-0.3, -0.25) is 0 Å². The molecule has 126 valence electrons. The molecular formula is C19H18N4O2. The molecule has 6 heteroatoms. The summed E-state index contributed by atoms with van der Waals surface area (Å²) in [5.41, 5.74) is 0.929. The van der Waals surface area contributed by atoms with Crippen molar-refractivity contribution in [1.29, 1.82) is 0 Å². The molecule has 2 heterocycles.